The molecule has 0 spiro atoms. The molecule has 2 aromatic rings. The van der Waals surface area contributed by atoms with Crippen LogP contribution >= 0.6 is 0 Å². The van der Waals surface area contributed by atoms with Gasteiger partial charge in [0.2, 0.25) is 18.6 Å². The second-order valence-corrected chi connectivity index (χ2v) is 9.47. The maximum Gasteiger partial charge on any atom is 0.243 e. The van der Waals surface area contributed by atoms with Gasteiger partial charge in [-0.1, -0.05) is 62.1 Å². The Hall–Kier alpha value is -3.02. The number of amides is 2. The van der Waals surface area contributed by atoms with Crippen LogP contribution in [0.4, 0.5) is 0 Å². The molecule has 0 radical (unpaired) electrons. The Balaban J connectivity index is 1.48. The SMILES string of the molecule is CCC(C(=O)NC1CCCCC1)N(Cc1cccc(C)c1)C(=O)CCc1ccc2c(c1)OCO2. The highest BCUT2D eigenvalue weighted by Crippen LogP contribution is 2.33. The Labute approximate surface area is 202 Å². The van der Waals surface area contributed by atoms with Crippen molar-refractivity contribution in [3.63, 3.8) is 0 Å². The summed E-state index contributed by atoms with van der Waals surface area (Å²) >= 11 is 0. The molecule has 1 heterocycles. The lowest BCUT2D eigenvalue weighted by atomic mass is 9.95. The predicted octanol–water partition coefficient (Wildman–Crippen LogP) is 4.91. The molecule has 1 N–H and O–H groups in total. The van der Waals surface area contributed by atoms with Gasteiger partial charge in [-0.05, 0) is 55.9 Å². The van der Waals surface area contributed by atoms with E-state index in [9.17, 15) is 9.59 Å². The molecule has 0 bridgehead atoms. The van der Waals surface area contributed by atoms with Crippen molar-refractivity contribution in [2.24, 2.45) is 0 Å². The van der Waals surface area contributed by atoms with E-state index < -0.39 is 6.04 Å². The van der Waals surface area contributed by atoms with Gasteiger partial charge in [-0.15, -0.1) is 0 Å². The highest BCUT2D eigenvalue weighted by Gasteiger charge is 2.30. The maximum atomic E-state index is 13.5. The molecule has 0 aromatic heterocycles. The summed E-state index contributed by atoms with van der Waals surface area (Å²) in [4.78, 5) is 28.6. The van der Waals surface area contributed by atoms with Crippen molar-refractivity contribution in [3.05, 3.63) is 59.2 Å². The van der Waals surface area contributed by atoms with Crippen molar-refractivity contribution in [1.82, 2.24) is 10.2 Å². The molecule has 1 aliphatic carbocycles. The third-order valence-corrected chi connectivity index (χ3v) is 6.84. The van der Waals surface area contributed by atoms with Crippen molar-refractivity contribution >= 4 is 11.8 Å². The summed E-state index contributed by atoms with van der Waals surface area (Å²) in [5.74, 6) is 1.42. The quantitative estimate of drug-likeness (QED) is 0.572. The van der Waals surface area contributed by atoms with E-state index >= 15 is 0 Å². The van der Waals surface area contributed by atoms with Crippen LogP contribution < -0.4 is 14.8 Å². The lowest BCUT2D eigenvalue weighted by Gasteiger charge is -2.33. The van der Waals surface area contributed by atoms with Gasteiger partial charge in [0.05, 0.1) is 0 Å². The Morgan fingerprint density at radius 1 is 1.03 bits per heavy atom. The number of fused-ring (bicyclic) bond motifs is 1. The van der Waals surface area contributed by atoms with Crippen LogP contribution in [0.3, 0.4) is 0 Å². The molecular formula is C28H36N2O4. The van der Waals surface area contributed by atoms with Gasteiger partial charge in [0, 0.05) is 19.0 Å². The number of carbonyl (C=O) groups is 2. The highest BCUT2D eigenvalue weighted by atomic mass is 16.7. The number of aryl methyl sites for hydroxylation is 2. The van der Waals surface area contributed by atoms with Crippen LogP contribution in [0.1, 0.15) is 68.6 Å². The fourth-order valence-electron chi connectivity index (χ4n) is 4.96. The minimum Gasteiger partial charge on any atom is -0.454 e. The molecule has 4 rings (SSSR count). The summed E-state index contributed by atoms with van der Waals surface area (Å²) in [6.45, 7) is 4.69. The summed E-state index contributed by atoms with van der Waals surface area (Å²) < 4.78 is 10.9. The summed E-state index contributed by atoms with van der Waals surface area (Å²) in [6, 6.07) is 13.7. The van der Waals surface area contributed by atoms with Crippen LogP contribution in [0.15, 0.2) is 42.5 Å². The van der Waals surface area contributed by atoms with Crippen molar-refractivity contribution in [3.8, 4) is 11.5 Å². The molecule has 1 saturated carbocycles. The van der Waals surface area contributed by atoms with Gasteiger partial charge in [-0.25, -0.2) is 0 Å². The van der Waals surface area contributed by atoms with Gasteiger partial charge in [-0.3, -0.25) is 9.59 Å². The third-order valence-electron chi connectivity index (χ3n) is 6.84. The van der Waals surface area contributed by atoms with Gasteiger partial charge in [0.25, 0.3) is 0 Å². The number of nitrogens with one attached hydrogen (secondary N) is 1. The van der Waals surface area contributed by atoms with Crippen molar-refractivity contribution in [2.45, 2.75) is 83.8 Å². The summed E-state index contributed by atoms with van der Waals surface area (Å²) in [7, 11) is 0. The Kier molecular flexibility index (Phi) is 8.09. The van der Waals surface area contributed by atoms with Crippen LogP contribution in [-0.4, -0.2) is 35.6 Å². The first-order valence-electron chi connectivity index (χ1n) is 12.6. The minimum absolute atomic E-state index is 0.00943. The van der Waals surface area contributed by atoms with E-state index in [1.807, 2.05) is 50.2 Å². The zero-order valence-corrected chi connectivity index (χ0v) is 20.3. The van der Waals surface area contributed by atoms with Crippen LogP contribution in [0.5, 0.6) is 11.5 Å². The van der Waals surface area contributed by atoms with E-state index in [-0.39, 0.29) is 24.6 Å². The van der Waals surface area contributed by atoms with E-state index in [4.69, 9.17) is 9.47 Å². The van der Waals surface area contributed by atoms with E-state index in [0.29, 0.717) is 25.8 Å². The molecule has 1 aliphatic heterocycles. The van der Waals surface area contributed by atoms with Gasteiger partial charge < -0.3 is 19.7 Å². The Morgan fingerprint density at radius 3 is 2.59 bits per heavy atom. The predicted molar refractivity (Wildman–Crippen MR) is 132 cm³/mol. The van der Waals surface area contributed by atoms with Gasteiger partial charge in [0.1, 0.15) is 6.04 Å². The smallest absolute Gasteiger partial charge is 0.243 e. The number of hydrogen-bond acceptors (Lipinski definition) is 4. The van der Waals surface area contributed by atoms with E-state index in [0.717, 1.165) is 53.9 Å². The average molecular weight is 465 g/mol. The molecule has 2 aromatic carbocycles. The lowest BCUT2D eigenvalue weighted by Crippen LogP contribution is -2.51. The monoisotopic (exact) mass is 464 g/mol. The van der Waals surface area contributed by atoms with Gasteiger partial charge in [0.15, 0.2) is 11.5 Å². The molecule has 182 valence electrons. The number of carbonyl (C=O) groups excluding carboxylic acids is 2. The third kappa shape index (κ3) is 6.10. The number of hydrogen-bond donors (Lipinski definition) is 1. The summed E-state index contributed by atoms with van der Waals surface area (Å²) in [5.41, 5.74) is 3.21. The molecule has 6 nitrogen and oxygen atoms in total. The number of ether oxygens (including phenoxy) is 2. The number of nitrogens with zero attached hydrogens (tertiary/aromatic N) is 1. The van der Waals surface area contributed by atoms with Crippen LogP contribution in [0.25, 0.3) is 0 Å². The molecule has 1 unspecified atom stereocenters. The number of benzene rings is 2. The van der Waals surface area contributed by atoms with Crippen molar-refractivity contribution < 1.29 is 19.1 Å². The standard InChI is InChI=1S/C28H36N2O4/c1-3-24(28(32)29-23-10-5-4-6-11-23)30(18-22-9-7-8-20(2)16-22)27(31)15-13-21-12-14-25-26(17-21)34-19-33-25/h7-9,12,14,16-17,23-24H,3-6,10-11,13,15,18-19H2,1-2H3,(H,29,32). The van der Waals surface area contributed by atoms with Crippen LogP contribution in [0.2, 0.25) is 0 Å². The Morgan fingerprint density at radius 2 is 1.82 bits per heavy atom. The lowest BCUT2D eigenvalue weighted by molar-refractivity contribution is -0.141. The van der Waals surface area contributed by atoms with Crippen LogP contribution in [-0.2, 0) is 22.6 Å². The number of rotatable bonds is 9. The zero-order valence-electron chi connectivity index (χ0n) is 20.3. The van der Waals surface area contributed by atoms with E-state index in [1.165, 1.54) is 6.42 Å². The molecule has 1 fully saturated rings. The first-order chi connectivity index (χ1) is 16.5. The van der Waals surface area contributed by atoms with Gasteiger partial charge in [-0.2, -0.15) is 0 Å². The maximum absolute atomic E-state index is 13.5. The van der Waals surface area contributed by atoms with Crippen LogP contribution in [0, 0.1) is 6.92 Å². The Bertz CT molecular complexity index is 1000. The second kappa shape index (κ2) is 11.4. The molecule has 0 saturated heterocycles. The fraction of sp³-hybridized carbons (Fsp3) is 0.500. The largest absolute Gasteiger partial charge is 0.454 e. The molecule has 2 aliphatic rings. The molecular weight excluding hydrogens is 428 g/mol. The summed E-state index contributed by atoms with van der Waals surface area (Å²) in [5, 5.41) is 3.24. The molecule has 1 atom stereocenters. The molecule has 34 heavy (non-hydrogen) atoms. The zero-order chi connectivity index (χ0) is 23.9. The second-order valence-electron chi connectivity index (χ2n) is 9.47. The van der Waals surface area contributed by atoms with Crippen molar-refractivity contribution in [2.75, 3.05) is 6.79 Å². The van der Waals surface area contributed by atoms with Crippen molar-refractivity contribution in [1.29, 1.82) is 0 Å². The first-order valence-corrected chi connectivity index (χ1v) is 12.6. The normalized spacial score (nSPS) is 16.2. The molecule has 2 amide bonds. The average Bonchev–Trinajstić information content (AvgIpc) is 3.31. The first kappa shape index (κ1) is 24.1. The highest BCUT2D eigenvalue weighted by molar-refractivity contribution is 5.88. The summed E-state index contributed by atoms with van der Waals surface area (Å²) in [6.07, 6.45) is 7.10. The van der Waals surface area contributed by atoms with E-state index in [1.54, 1.807) is 4.90 Å². The van der Waals surface area contributed by atoms with E-state index in [2.05, 4.69) is 11.4 Å². The topological polar surface area (TPSA) is 67.9 Å². The molecule has 6 heteroatoms. The fourth-order valence-corrected chi connectivity index (χ4v) is 4.96. The van der Waals surface area contributed by atoms with Gasteiger partial charge >= 0.3 is 0 Å². The minimum atomic E-state index is -0.480.